The lowest BCUT2D eigenvalue weighted by molar-refractivity contribution is -0.121. The van der Waals surface area contributed by atoms with Gasteiger partial charge in [0, 0.05) is 0 Å². The SMILES string of the molecule is CC(C)(C)C(=O)[B-](F)(F)F. The van der Waals surface area contributed by atoms with Crippen LogP contribution in [0.2, 0.25) is 0 Å². The minimum Gasteiger partial charge on any atom is -0.443 e. The Morgan fingerprint density at radius 3 is 1.50 bits per heavy atom. The molecule has 0 fully saturated rings. The van der Waals surface area contributed by atoms with E-state index in [-0.39, 0.29) is 0 Å². The Hall–Kier alpha value is -0.475. The Labute approximate surface area is 57.7 Å². The Morgan fingerprint density at radius 1 is 1.20 bits per heavy atom. The number of carbonyl (C=O) groups is 1. The summed E-state index contributed by atoms with van der Waals surface area (Å²) < 4.78 is 35.0. The second kappa shape index (κ2) is 2.29. The van der Waals surface area contributed by atoms with Crippen LogP contribution in [0.5, 0.6) is 0 Å². The molecule has 10 heavy (non-hydrogen) atoms. The summed E-state index contributed by atoms with van der Waals surface area (Å²) in [5.74, 6) is 0. The molecule has 5 heteroatoms. The van der Waals surface area contributed by atoms with Crippen LogP contribution >= 0.6 is 0 Å². The van der Waals surface area contributed by atoms with Gasteiger partial charge in [0.05, 0.1) is 5.68 Å². The van der Waals surface area contributed by atoms with E-state index in [9.17, 15) is 17.7 Å². The van der Waals surface area contributed by atoms with E-state index in [1.54, 1.807) is 0 Å². The van der Waals surface area contributed by atoms with Gasteiger partial charge in [-0.25, -0.2) is 0 Å². The molecule has 0 aromatic carbocycles. The van der Waals surface area contributed by atoms with Crippen LogP contribution in [-0.2, 0) is 4.79 Å². The topological polar surface area (TPSA) is 17.1 Å². The zero-order chi connectivity index (χ0) is 8.58. The van der Waals surface area contributed by atoms with Gasteiger partial charge in [0.1, 0.15) is 0 Å². The number of hydrogen-bond donors (Lipinski definition) is 0. The fourth-order valence-corrected chi connectivity index (χ4v) is 0.491. The van der Waals surface area contributed by atoms with E-state index in [0.29, 0.717) is 0 Å². The van der Waals surface area contributed by atoms with E-state index in [2.05, 4.69) is 0 Å². The van der Waals surface area contributed by atoms with E-state index < -0.39 is 18.1 Å². The molecule has 0 saturated heterocycles. The lowest BCUT2D eigenvalue weighted by Crippen LogP contribution is -2.39. The summed E-state index contributed by atoms with van der Waals surface area (Å²) >= 11 is 0. The predicted octanol–water partition coefficient (Wildman–Crippen LogP) is 1.99. The standard InChI is InChI=1S/C5H9BF3O/c1-5(2,3)4(10)6(7,8)9/h1-3H3/q-1. The van der Waals surface area contributed by atoms with Gasteiger partial charge in [-0.1, -0.05) is 20.8 Å². The van der Waals surface area contributed by atoms with Crippen molar-refractivity contribution in [2.45, 2.75) is 20.8 Å². The Morgan fingerprint density at radius 2 is 1.50 bits per heavy atom. The molecular weight excluding hydrogens is 144 g/mol. The van der Waals surface area contributed by atoms with Crippen molar-refractivity contribution in [2.75, 3.05) is 0 Å². The third-order valence-corrected chi connectivity index (χ3v) is 1.04. The number of halogens is 3. The first-order chi connectivity index (χ1) is 4.15. The molecule has 0 aliphatic heterocycles. The molecule has 0 aliphatic rings. The minimum atomic E-state index is -5.30. The van der Waals surface area contributed by atoms with Gasteiger partial charge < -0.3 is 17.7 Å². The predicted molar refractivity (Wildman–Crippen MR) is 33.5 cm³/mol. The summed E-state index contributed by atoms with van der Waals surface area (Å²) in [4.78, 5) is 10.4. The molecule has 0 spiro atoms. The highest BCUT2D eigenvalue weighted by molar-refractivity contribution is 6.91. The van der Waals surface area contributed by atoms with Gasteiger partial charge in [0.2, 0.25) is 0 Å². The van der Waals surface area contributed by atoms with E-state index in [4.69, 9.17) is 0 Å². The van der Waals surface area contributed by atoms with Gasteiger partial charge in [-0.3, -0.25) is 0 Å². The van der Waals surface area contributed by atoms with Crippen molar-refractivity contribution in [2.24, 2.45) is 5.41 Å². The summed E-state index contributed by atoms with van der Waals surface area (Å²) in [6.45, 7) is -1.53. The largest absolute Gasteiger partial charge is 0.545 e. The molecule has 1 nitrogen and oxygen atoms in total. The van der Waals surface area contributed by atoms with Crippen molar-refractivity contribution < 1.29 is 17.7 Å². The third-order valence-electron chi connectivity index (χ3n) is 1.04. The van der Waals surface area contributed by atoms with Crippen molar-refractivity contribution in [1.82, 2.24) is 0 Å². The smallest absolute Gasteiger partial charge is 0.443 e. The first kappa shape index (κ1) is 9.52. The first-order valence-electron chi connectivity index (χ1n) is 2.90. The van der Waals surface area contributed by atoms with Gasteiger partial charge in [-0.2, -0.15) is 0 Å². The lowest BCUT2D eigenvalue weighted by Gasteiger charge is -2.24. The van der Waals surface area contributed by atoms with Crippen molar-refractivity contribution in [3.05, 3.63) is 0 Å². The summed E-state index contributed by atoms with van der Waals surface area (Å²) in [5, 5.41) is 0. The number of hydrogen-bond acceptors (Lipinski definition) is 1. The van der Waals surface area contributed by atoms with Gasteiger partial charge in [0.15, 0.2) is 0 Å². The maximum absolute atomic E-state index is 11.7. The highest BCUT2D eigenvalue weighted by Gasteiger charge is 2.39. The molecule has 0 radical (unpaired) electrons. The second-order valence-corrected chi connectivity index (χ2v) is 3.19. The monoisotopic (exact) mass is 153 g/mol. The van der Waals surface area contributed by atoms with Crippen LogP contribution in [0.3, 0.4) is 0 Å². The van der Waals surface area contributed by atoms with Crippen LogP contribution < -0.4 is 0 Å². The van der Waals surface area contributed by atoms with Gasteiger partial charge >= 0.3 is 6.98 Å². The molecule has 0 N–H and O–H groups in total. The molecule has 0 aromatic heterocycles. The number of rotatable bonds is 1. The Balaban J connectivity index is 4.40. The highest BCUT2D eigenvalue weighted by Crippen LogP contribution is 2.24. The minimum absolute atomic E-state index is 1.25. The lowest BCUT2D eigenvalue weighted by atomic mass is 9.70. The molecule has 0 saturated carbocycles. The van der Waals surface area contributed by atoms with Crippen molar-refractivity contribution in [1.29, 1.82) is 0 Å². The van der Waals surface area contributed by atoms with Crippen LogP contribution in [0.25, 0.3) is 0 Å². The molecule has 0 amide bonds. The zero-order valence-corrected chi connectivity index (χ0v) is 6.12. The van der Waals surface area contributed by atoms with Crippen molar-refractivity contribution >= 4 is 12.7 Å². The van der Waals surface area contributed by atoms with E-state index in [1.165, 1.54) is 20.8 Å². The zero-order valence-electron chi connectivity index (χ0n) is 6.12. The molecule has 0 aromatic rings. The quantitative estimate of drug-likeness (QED) is 0.526. The van der Waals surface area contributed by atoms with Crippen molar-refractivity contribution in [3.8, 4) is 0 Å². The van der Waals surface area contributed by atoms with Crippen LogP contribution in [-0.4, -0.2) is 12.7 Å². The summed E-state index contributed by atoms with van der Waals surface area (Å²) in [7, 11) is 0. The molecule has 0 bridgehead atoms. The number of carbonyl (C=O) groups excluding carboxylic acids is 1. The average molecular weight is 153 g/mol. The molecule has 0 rings (SSSR count). The fourth-order valence-electron chi connectivity index (χ4n) is 0.491. The summed E-state index contributed by atoms with van der Waals surface area (Å²) in [5.41, 5.74) is -2.91. The first-order valence-corrected chi connectivity index (χ1v) is 2.90. The average Bonchev–Trinajstić information content (AvgIpc) is 1.59. The van der Waals surface area contributed by atoms with Crippen LogP contribution in [0.1, 0.15) is 20.8 Å². The van der Waals surface area contributed by atoms with Gasteiger partial charge in [-0.15, -0.1) is 0 Å². The van der Waals surface area contributed by atoms with Crippen LogP contribution in [0.15, 0.2) is 0 Å². The van der Waals surface area contributed by atoms with Crippen LogP contribution in [0.4, 0.5) is 12.9 Å². The summed E-state index contributed by atoms with van der Waals surface area (Å²) in [6.07, 6.45) is 0. The molecular formula is C5H9BF3O-. The fraction of sp³-hybridized carbons (Fsp3) is 0.800. The molecule has 0 unspecified atom stereocenters. The van der Waals surface area contributed by atoms with Gasteiger partial charge in [0.25, 0.3) is 0 Å². The summed E-state index contributed by atoms with van der Waals surface area (Å²) in [6, 6.07) is 0. The van der Waals surface area contributed by atoms with Crippen molar-refractivity contribution in [3.63, 3.8) is 0 Å². The maximum Gasteiger partial charge on any atom is 0.545 e. The molecule has 0 atom stereocenters. The van der Waals surface area contributed by atoms with E-state index in [1.807, 2.05) is 0 Å². The molecule has 0 heterocycles. The van der Waals surface area contributed by atoms with E-state index >= 15 is 0 Å². The molecule has 60 valence electrons. The Bertz CT molecular complexity index is 128. The normalized spacial score (nSPS) is 13.4. The highest BCUT2D eigenvalue weighted by atomic mass is 19.4. The second-order valence-electron chi connectivity index (χ2n) is 3.19. The Kier molecular flexibility index (Phi) is 2.18. The van der Waals surface area contributed by atoms with E-state index in [0.717, 1.165) is 0 Å². The maximum atomic E-state index is 11.7. The van der Waals surface area contributed by atoms with Crippen LogP contribution in [0, 0.1) is 5.41 Å². The third kappa shape index (κ3) is 2.41. The molecule has 0 aliphatic carbocycles. The van der Waals surface area contributed by atoms with Gasteiger partial charge in [-0.05, 0) is 5.41 Å².